The van der Waals surface area contributed by atoms with Gasteiger partial charge in [0.05, 0.1) is 129 Å². The maximum absolute atomic E-state index is 7.63. The van der Waals surface area contributed by atoms with Crippen LogP contribution in [-0.2, 0) is 94.1 Å². The van der Waals surface area contributed by atoms with Crippen molar-refractivity contribution in [2.45, 2.75) is 140 Å². The van der Waals surface area contributed by atoms with Gasteiger partial charge in [-0.2, -0.15) is 0 Å². The molecule has 0 amide bonds. The molecule has 28 nitrogen and oxygen atoms in total. The zero-order chi connectivity index (χ0) is 70.8. The van der Waals surface area contributed by atoms with Gasteiger partial charge in [-0.15, -0.1) is 0 Å². The van der Waals surface area contributed by atoms with Crippen LogP contribution in [0.15, 0.2) is 115 Å². The first kappa shape index (κ1) is 71.5. The third-order valence-electron chi connectivity index (χ3n) is 18.9. The average molecular weight is 1480 g/mol. The minimum absolute atomic E-state index is 0.0155. The molecule has 0 aliphatic carbocycles. The zero-order valence-electron chi connectivity index (χ0n) is 58.6. The molecule has 0 radical (unpaired) electrons. The predicted octanol–water partition coefficient (Wildman–Crippen LogP) is 7.64. The van der Waals surface area contributed by atoms with Crippen LogP contribution in [0, 0.1) is 0 Å². The van der Waals surface area contributed by atoms with Gasteiger partial charge in [0.25, 0.3) is 0 Å². The van der Waals surface area contributed by atoms with E-state index in [-0.39, 0.29) is 88.3 Å². The van der Waals surface area contributed by atoms with Gasteiger partial charge in [0.1, 0.15) is 71.4 Å². The fourth-order valence-electron chi connectivity index (χ4n) is 14.6. The fourth-order valence-corrected chi connectivity index (χ4v) is 18.1. The maximum Gasteiger partial charge on any atom is 0.603 e. The number of benzene rings is 4. The molecule has 10 atom stereocenters. The van der Waals surface area contributed by atoms with E-state index in [2.05, 4.69) is 0 Å². The first-order valence-corrected chi connectivity index (χ1v) is 37.6. The molecule has 103 heavy (non-hydrogen) atoms. The molecule has 31 heteroatoms. The molecule has 6 bridgehead atoms. The summed E-state index contributed by atoms with van der Waals surface area (Å²) in [6.07, 6.45) is -4.56. The van der Waals surface area contributed by atoms with Crippen molar-refractivity contribution in [3.63, 3.8) is 0 Å². The largest absolute Gasteiger partial charge is 0.603 e. The van der Waals surface area contributed by atoms with E-state index in [1.165, 1.54) is 0 Å². The van der Waals surface area contributed by atoms with Crippen molar-refractivity contribution in [3.8, 4) is 0 Å². The van der Waals surface area contributed by atoms with Crippen molar-refractivity contribution in [2.75, 3.05) is 119 Å². The van der Waals surface area contributed by atoms with Crippen LogP contribution in [0.3, 0.4) is 0 Å². The number of fused-ring (bicyclic) bond motifs is 16. The van der Waals surface area contributed by atoms with Crippen molar-refractivity contribution in [3.05, 3.63) is 128 Å². The number of ether oxygens (including phenoxy) is 18. The molecule has 0 unspecified atom stereocenters. The van der Waals surface area contributed by atoms with E-state index in [9.17, 15) is 0 Å². The molecule has 4 aromatic carbocycles. The Balaban J connectivity index is 0.625. The Hall–Kier alpha value is -5.76. The number of aliphatic imine (C=N–C) groups is 4. The molecule has 6 fully saturated rings. The summed E-state index contributed by atoms with van der Waals surface area (Å²) in [5, 5.41) is 3.25. The summed E-state index contributed by atoms with van der Waals surface area (Å²) in [7, 11) is -4.62. The van der Waals surface area contributed by atoms with Crippen molar-refractivity contribution in [2.24, 2.45) is 30.0 Å². The Morgan fingerprint density at radius 3 is 1.11 bits per heavy atom. The highest BCUT2D eigenvalue weighted by atomic mass is 35.5. The van der Waals surface area contributed by atoms with Crippen molar-refractivity contribution in [1.29, 1.82) is 0 Å². The third-order valence-corrected chi connectivity index (χ3v) is 22.8. The number of amidine groups is 4. The molecule has 0 saturated carbocycles. The van der Waals surface area contributed by atoms with Gasteiger partial charge in [-0.3, -0.25) is 8.47 Å². The molecule has 0 N–H and O–H groups in total. The summed E-state index contributed by atoms with van der Waals surface area (Å²) in [5.74, 6) is -0.693. The number of hydrogen-bond donors (Lipinski definition) is 0. The van der Waals surface area contributed by atoms with Crippen LogP contribution >= 0.6 is 23.2 Å². The second-order valence-corrected chi connectivity index (χ2v) is 31.2. The summed E-state index contributed by atoms with van der Waals surface area (Å²) in [6, 6.07) is 27.3. The normalized spacial score (nSPS) is 27.5. The van der Waals surface area contributed by atoms with E-state index < -0.39 is 81.2 Å². The summed E-state index contributed by atoms with van der Waals surface area (Å²) in [4.78, 5) is 32.5. The molecule has 6 saturated heterocycles. The summed E-state index contributed by atoms with van der Waals surface area (Å²) in [6.45, 7) is 19.2. The first-order chi connectivity index (χ1) is 49.8. The van der Waals surface area contributed by atoms with E-state index in [4.69, 9.17) is 147 Å². The number of rotatable bonds is 30. The monoisotopic (exact) mass is 1480 g/mol. The average Bonchev–Trinajstić information content (AvgIpc) is 1.54. The van der Waals surface area contributed by atoms with E-state index in [1.807, 2.05) is 137 Å². The smallest absolute Gasteiger partial charge is 0.377 e. The first-order valence-electron chi connectivity index (χ1n) is 35.1. The zero-order valence-corrected chi connectivity index (χ0v) is 61.1. The van der Waals surface area contributed by atoms with Gasteiger partial charge in [0.15, 0.2) is 59.1 Å². The lowest BCUT2D eigenvalue weighted by Crippen LogP contribution is -2.64. The Bertz CT molecular complexity index is 4170. The second kappa shape index (κ2) is 29.4. The molecule has 16 rings (SSSR count). The minimum Gasteiger partial charge on any atom is -0.377 e. The highest BCUT2D eigenvalue weighted by Crippen LogP contribution is 2.48. The molecule has 2 aromatic heterocycles. The Morgan fingerprint density at radius 2 is 0.738 bits per heavy atom. The van der Waals surface area contributed by atoms with Gasteiger partial charge in [0.2, 0.25) is 0 Å². The van der Waals surface area contributed by atoms with Crippen LogP contribution in [-0.4, -0.2) is 244 Å². The van der Waals surface area contributed by atoms with Crippen molar-refractivity contribution >= 4 is 88.6 Å². The van der Waals surface area contributed by atoms with Crippen LogP contribution in [0.25, 0.3) is 21.5 Å². The minimum atomic E-state index is -4.62. The van der Waals surface area contributed by atoms with Crippen LogP contribution in [0.4, 0.5) is 11.6 Å². The fraction of sp³-hybridized carbons (Fsp3) is 0.556. The standard InChI is InChI=1S/C72H84Cl2N8O20Si/c1-69(2)91-39-51(97-69)53-55(57-67(95-53)101-71(5,6)99-57)89-33-29-85-25-21-83-23-27-87-31-35-93-103(94-36-32-88-28-24-84-22-26-86-30-34-90-56-54(52-40-92-70(3,4)98-52)96-68-58(56)100-72(7,8)102-68)81-63-45-19-13-14-20-46(45)64(81)78-60-42-16-10-12-18-44(42)62(76-60)80-66-48-38-50(74)49(73)37-47(48)65(82(66)103)79-61-43-17-11-9-15-41(43)59(75-61)77-63/h9-20,37-38,51-58,67-68H,21-36,39-40H2,1-8H3/t51-,52-,53-,54-,55+,56+,57-,58-,67-,68-/m1/s1. The summed E-state index contributed by atoms with van der Waals surface area (Å²) >= 11 is 14.1. The molecule has 10 aliphatic rings. The SMILES string of the molecule is CC1(C)O[C@H]2O[C@H]([C@H]3COC(C)(C)O3)[C@H](OCCOCCOCCOCCO[Si]3(OCCOCCOCCOCCO[C@@H]4[C@H]5OC(C)(C)O[C@H]5O[C@@H]4[C@H]4COC(C)(C)O4)n4c5c6cc(Cl)c(Cl)cc6c4N=C4N=C(N=c6c7ccccc7c(n63)=NC3=NC(=N5)c5ccccc53)c3ccccc34)[C@H]2O1. The molecular formula is C72H84Cl2N8O20Si. The second-order valence-electron chi connectivity index (χ2n) is 27.8. The van der Waals surface area contributed by atoms with Gasteiger partial charge in [-0.05, 0) is 67.5 Å². The Kier molecular flexibility index (Phi) is 20.4. The quantitative estimate of drug-likeness (QED) is 0.0309. The van der Waals surface area contributed by atoms with E-state index in [1.54, 1.807) is 12.1 Å². The number of aromatic nitrogens is 2. The van der Waals surface area contributed by atoms with Gasteiger partial charge in [-0.25, -0.2) is 30.0 Å². The maximum atomic E-state index is 7.63. The van der Waals surface area contributed by atoms with E-state index in [0.717, 1.165) is 33.0 Å². The molecule has 6 aromatic rings. The lowest BCUT2D eigenvalue weighted by atomic mass is 10.1. The summed E-state index contributed by atoms with van der Waals surface area (Å²) in [5.41, 5.74) is 4.00. The Labute approximate surface area is 605 Å². The molecule has 550 valence electrons. The molecule has 10 aliphatic heterocycles. The number of nitrogens with zero attached hydrogens (tertiary/aromatic N) is 8. The van der Waals surface area contributed by atoms with Gasteiger partial charge < -0.3 is 94.1 Å². The van der Waals surface area contributed by atoms with Crippen molar-refractivity contribution < 1.29 is 94.1 Å². The van der Waals surface area contributed by atoms with Crippen LogP contribution < -0.4 is 11.0 Å². The third kappa shape index (κ3) is 14.4. The molecule has 12 heterocycles. The summed E-state index contributed by atoms with van der Waals surface area (Å²) < 4.78 is 130. The van der Waals surface area contributed by atoms with Gasteiger partial charge in [0, 0.05) is 43.8 Å². The van der Waals surface area contributed by atoms with Crippen LogP contribution in [0.2, 0.25) is 10.0 Å². The number of hydrogen-bond acceptors (Lipinski definition) is 26. The van der Waals surface area contributed by atoms with Crippen molar-refractivity contribution in [1.82, 2.24) is 8.47 Å². The topological polar surface area (TPSA) is 269 Å². The molecule has 0 spiro atoms. The predicted molar refractivity (Wildman–Crippen MR) is 375 cm³/mol. The van der Waals surface area contributed by atoms with Crippen LogP contribution in [0.5, 0.6) is 0 Å². The highest BCUT2D eigenvalue weighted by molar-refractivity contribution is 6.66. The van der Waals surface area contributed by atoms with E-state index >= 15 is 0 Å². The lowest BCUT2D eigenvalue weighted by Gasteiger charge is -2.33. The van der Waals surface area contributed by atoms with Crippen LogP contribution in [0.1, 0.15) is 77.6 Å². The Morgan fingerprint density at radius 1 is 0.388 bits per heavy atom. The molecular weight excluding hydrogens is 1400 g/mol. The number of halogens is 2. The van der Waals surface area contributed by atoms with E-state index in [0.29, 0.717) is 110 Å². The lowest BCUT2D eigenvalue weighted by molar-refractivity contribution is -0.236. The van der Waals surface area contributed by atoms with Gasteiger partial charge >= 0.3 is 8.88 Å². The highest BCUT2D eigenvalue weighted by Gasteiger charge is 2.61. The van der Waals surface area contributed by atoms with Gasteiger partial charge in [-0.1, -0.05) is 96.0 Å².